The summed E-state index contributed by atoms with van der Waals surface area (Å²) >= 11 is 0. The van der Waals surface area contributed by atoms with E-state index in [1.807, 2.05) is 6.92 Å². The zero-order valence-corrected chi connectivity index (χ0v) is 19.7. The Kier molecular flexibility index (Phi) is 5.36. The highest BCUT2D eigenvalue weighted by atomic mass is 16.4. The Hall–Kier alpha value is -1.60. The molecule has 3 N–H and O–H groups in total. The van der Waals surface area contributed by atoms with E-state index in [0.717, 1.165) is 56.3 Å². The molecule has 0 aromatic carbocycles. The number of nitrogens with zero attached hydrogens (tertiary/aromatic N) is 2. The van der Waals surface area contributed by atoms with Gasteiger partial charge in [0.2, 0.25) is 0 Å². The SMILES string of the molecule is CN1NN(CC(=O)[C@H]2CC[C@H]3[C@@H]4CCC5C[C@](C)(O)CC[C@@H]5[C@H]4CC[C@]23C)C=C1C(=O)O. The first-order valence-electron chi connectivity index (χ1n) is 12.6. The van der Waals surface area contributed by atoms with Gasteiger partial charge in [-0.25, -0.2) is 4.79 Å². The van der Waals surface area contributed by atoms with Gasteiger partial charge in [0, 0.05) is 13.0 Å². The number of Topliss-reactive ketones (excluding diaryl/α,β-unsaturated/α-hetero) is 1. The Balaban J connectivity index is 1.27. The average Bonchev–Trinajstić information content (AvgIpc) is 3.26. The highest BCUT2D eigenvalue weighted by Gasteiger charge is 2.58. The Morgan fingerprint density at radius 1 is 1.06 bits per heavy atom. The molecule has 32 heavy (non-hydrogen) atoms. The van der Waals surface area contributed by atoms with Gasteiger partial charge in [0.15, 0.2) is 11.5 Å². The van der Waals surface area contributed by atoms with Gasteiger partial charge in [-0.3, -0.25) is 14.8 Å². The minimum atomic E-state index is -0.999. The van der Waals surface area contributed by atoms with Crippen molar-refractivity contribution in [2.24, 2.45) is 40.9 Å². The normalized spacial score (nSPS) is 45.7. The third-order valence-electron chi connectivity index (χ3n) is 10.1. The van der Waals surface area contributed by atoms with E-state index in [0.29, 0.717) is 11.8 Å². The summed E-state index contributed by atoms with van der Waals surface area (Å²) in [7, 11) is 1.65. The Morgan fingerprint density at radius 3 is 2.53 bits per heavy atom. The summed E-state index contributed by atoms with van der Waals surface area (Å²) in [6, 6.07) is 0. The van der Waals surface area contributed by atoms with Crippen LogP contribution in [0.5, 0.6) is 0 Å². The number of carboxylic acid groups (broad SMARTS) is 1. The summed E-state index contributed by atoms with van der Waals surface area (Å²) in [5.41, 5.74) is 2.70. The molecule has 4 saturated carbocycles. The number of carbonyl (C=O) groups excluding carboxylic acids is 1. The summed E-state index contributed by atoms with van der Waals surface area (Å²) in [5, 5.41) is 22.9. The molecular weight excluding hydrogens is 406 g/mol. The third kappa shape index (κ3) is 3.56. The van der Waals surface area contributed by atoms with E-state index in [-0.39, 0.29) is 29.4 Å². The van der Waals surface area contributed by atoms with Gasteiger partial charge >= 0.3 is 5.97 Å². The number of carboxylic acids is 1. The standard InChI is InChI=1S/C25H39N3O4/c1-24(32)10-8-16-15(12-24)4-5-18-17(16)9-11-25(2)19(18)6-7-20(25)22(29)14-28-13-21(23(30)31)27(3)26-28/h13,15-20,26,32H,4-12,14H2,1-3H3,(H,30,31)/t15?,16-,17+,18+,19-,20+,24+,25-/m0/s1. The van der Waals surface area contributed by atoms with Crippen LogP contribution < -0.4 is 5.53 Å². The number of hydrogen-bond acceptors (Lipinski definition) is 6. The van der Waals surface area contributed by atoms with Crippen molar-refractivity contribution < 1.29 is 19.8 Å². The van der Waals surface area contributed by atoms with Crippen LogP contribution >= 0.6 is 0 Å². The first-order chi connectivity index (χ1) is 15.1. The molecule has 4 fully saturated rings. The van der Waals surface area contributed by atoms with Crippen LogP contribution in [0.2, 0.25) is 0 Å². The first kappa shape index (κ1) is 22.2. The van der Waals surface area contributed by atoms with Crippen molar-refractivity contribution in [2.75, 3.05) is 13.6 Å². The van der Waals surface area contributed by atoms with Crippen molar-refractivity contribution in [3.63, 3.8) is 0 Å². The molecule has 0 saturated heterocycles. The van der Waals surface area contributed by atoms with Gasteiger partial charge in [0.05, 0.1) is 18.3 Å². The second kappa shape index (κ2) is 7.73. The van der Waals surface area contributed by atoms with Gasteiger partial charge in [-0.05, 0) is 99.7 Å². The zero-order valence-electron chi connectivity index (χ0n) is 19.7. The Bertz CT molecular complexity index is 826. The number of carbonyl (C=O) groups is 2. The lowest BCUT2D eigenvalue weighted by Gasteiger charge is -2.56. The van der Waals surface area contributed by atoms with Crippen molar-refractivity contribution in [1.29, 1.82) is 0 Å². The van der Waals surface area contributed by atoms with E-state index < -0.39 is 11.6 Å². The van der Waals surface area contributed by atoms with Crippen LogP contribution in [0, 0.1) is 40.9 Å². The van der Waals surface area contributed by atoms with Crippen molar-refractivity contribution in [3.8, 4) is 0 Å². The molecule has 7 heteroatoms. The summed E-state index contributed by atoms with van der Waals surface area (Å²) < 4.78 is 0. The maximum absolute atomic E-state index is 13.4. The van der Waals surface area contributed by atoms with Crippen LogP contribution in [0.4, 0.5) is 0 Å². The molecule has 1 aliphatic heterocycles. The molecule has 0 radical (unpaired) electrons. The van der Waals surface area contributed by atoms with Gasteiger partial charge in [0.1, 0.15) is 0 Å². The molecule has 5 aliphatic rings. The van der Waals surface area contributed by atoms with E-state index in [4.69, 9.17) is 0 Å². The van der Waals surface area contributed by atoms with Crippen LogP contribution in [0.15, 0.2) is 11.9 Å². The molecule has 0 spiro atoms. The molecule has 1 unspecified atom stereocenters. The smallest absolute Gasteiger partial charge is 0.355 e. The number of nitrogens with one attached hydrogen (secondary N) is 1. The van der Waals surface area contributed by atoms with Crippen LogP contribution in [-0.4, -0.2) is 51.2 Å². The molecule has 0 aromatic heterocycles. The number of fused-ring (bicyclic) bond motifs is 5. The number of aliphatic carboxylic acids is 1. The molecule has 8 atom stereocenters. The monoisotopic (exact) mass is 445 g/mol. The number of likely N-dealkylation sites (N-methyl/N-ethyl adjacent to an activating group) is 1. The summed E-state index contributed by atoms with van der Waals surface area (Å²) in [4.78, 5) is 24.7. The van der Waals surface area contributed by atoms with Gasteiger partial charge in [-0.15, -0.1) is 5.53 Å². The largest absolute Gasteiger partial charge is 0.476 e. The van der Waals surface area contributed by atoms with E-state index in [1.165, 1.54) is 30.5 Å². The molecule has 178 valence electrons. The van der Waals surface area contributed by atoms with Crippen molar-refractivity contribution in [3.05, 3.63) is 11.9 Å². The van der Waals surface area contributed by atoms with Crippen LogP contribution in [0.1, 0.15) is 71.6 Å². The van der Waals surface area contributed by atoms with Gasteiger partial charge in [0.25, 0.3) is 0 Å². The molecule has 4 aliphatic carbocycles. The number of ketones is 1. The molecule has 0 aromatic rings. The quantitative estimate of drug-likeness (QED) is 0.612. The predicted octanol–water partition coefficient (Wildman–Crippen LogP) is 3.17. The molecule has 0 bridgehead atoms. The fourth-order valence-corrected chi connectivity index (χ4v) is 8.68. The summed E-state index contributed by atoms with van der Waals surface area (Å²) in [5.74, 6) is 2.86. The molecule has 5 rings (SSSR count). The summed E-state index contributed by atoms with van der Waals surface area (Å²) in [6.07, 6.45) is 11.5. The fraction of sp³-hybridized carbons (Fsp3) is 0.840. The van der Waals surface area contributed by atoms with Gasteiger partial charge in [-0.2, -0.15) is 0 Å². The Morgan fingerprint density at radius 2 is 1.81 bits per heavy atom. The average molecular weight is 446 g/mol. The first-order valence-corrected chi connectivity index (χ1v) is 12.6. The molecule has 1 heterocycles. The number of hydrogen-bond donors (Lipinski definition) is 3. The highest BCUT2D eigenvalue weighted by Crippen LogP contribution is 2.64. The topological polar surface area (TPSA) is 93.1 Å². The van der Waals surface area contributed by atoms with E-state index in [9.17, 15) is 19.8 Å². The van der Waals surface area contributed by atoms with Gasteiger partial charge < -0.3 is 10.2 Å². The van der Waals surface area contributed by atoms with Crippen LogP contribution in [0.25, 0.3) is 0 Å². The lowest BCUT2D eigenvalue weighted by molar-refractivity contribution is -0.134. The lowest BCUT2D eigenvalue weighted by atomic mass is 9.49. The van der Waals surface area contributed by atoms with E-state index in [2.05, 4.69) is 12.5 Å². The molecule has 7 nitrogen and oxygen atoms in total. The second-order valence-corrected chi connectivity index (χ2v) is 11.9. The number of hydrazine groups is 2. The second-order valence-electron chi connectivity index (χ2n) is 11.9. The summed E-state index contributed by atoms with van der Waals surface area (Å²) in [6.45, 7) is 4.59. The van der Waals surface area contributed by atoms with E-state index in [1.54, 1.807) is 12.1 Å². The maximum atomic E-state index is 13.4. The Labute approximate surface area is 191 Å². The highest BCUT2D eigenvalue weighted by molar-refractivity contribution is 5.87. The van der Waals surface area contributed by atoms with Crippen molar-refractivity contribution in [2.45, 2.75) is 77.2 Å². The van der Waals surface area contributed by atoms with Crippen molar-refractivity contribution in [1.82, 2.24) is 15.6 Å². The fourth-order valence-electron chi connectivity index (χ4n) is 8.68. The zero-order chi connectivity index (χ0) is 22.8. The number of rotatable bonds is 4. The van der Waals surface area contributed by atoms with Gasteiger partial charge in [-0.1, -0.05) is 6.92 Å². The minimum absolute atomic E-state index is 0.0626. The third-order valence-corrected chi connectivity index (χ3v) is 10.1. The van der Waals surface area contributed by atoms with E-state index >= 15 is 0 Å². The predicted molar refractivity (Wildman–Crippen MR) is 120 cm³/mol. The maximum Gasteiger partial charge on any atom is 0.355 e. The number of aliphatic hydroxyl groups is 1. The van der Waals surface area contributed by atoms with Crippen LogP contribution in [0.3, 0.4) is 0 Å². The van der Waals surface area contributed by atoms with Crippen molar-refractivity contribution >= 4 is 11.8 Å². The molecule has 0 amide bonds. The molecular formula is C25H39N3O4. The lowest BCUT2D eigenvalue weighted by Crippen LogP contribution is -2.51. The minimum Gasteiger partial charge on any atom is -0.476 e. The van der Waals surface area contributed by atoms with Crippen LogP contribution in [-0.2, 0) is 9.59 Å².